The van der Waals surface area contributed by atoms with Gasteiger partial charge in [0.1, 0.15) is 0 Å². The number of carbonyl (C=O) groups excluding carboxylic acids is 2. The lowest BCUT2D eigenvalue weighted by Crippen LogP contribution is -2.43. The predicted molar refractivity (Wildman–Crippen MR) is 71.1 cm³/mol. The van der Waals surface area contributed by atoms with Crippen LogP contribution in [0.1, 0.15) is 27.7 Å². The van der Waals surface area contributed by atoms with E-state index in [0.29, 0.717) is 25.6 Å². The molecular weight excluding hydrogens is 232 g/mol. The van der Waals surface area contributed by atoms with E-state index in [-0.39, 0.29) is 17.9 Å². The minimum absolute atomic E-state index is 0.0340. The van der Waals surface area contributed by atoms with Crippen molar-refractivity contribution in [2.75, 3.05) is 19.7 Å². The Balaban J connectivity index is 3.78. The van der Waals surface area contributed by atoms with Crippen molar-refractivity contribution in [2.24, 2.45) is 5.92 Å². The fraction of sp³-hybridized carbons (Fsp3) is 0.692. The molecule has 0 aliphatic rings. The van der Waals surface area contributed by atoms with E-state index in [9.17, 15) is 9.59 Å². The van der Waals surface area contributed by atoms with Crippen LogP contribution in [0.2, 0.25) is 0 Å². The van der Waals surface area contributed by atoms with Gasteiger partial charge in [-0.15, -0.1) is 0 Å². The minimum Gasteiger partial charge on any atom is -0.463 e. The zero-order valence-corrected chi connectivity index (χ0v) is 11.7. The maximum atomic E-state index is 11.6. The van der Waals surface area contributed by atoms with Gasteiger partial charge >= 0.3 is 5.97 Å². The summed E-state index contributed by atoms with van der Waals surface area (Å²) < 4.78 is 4.73. The molecule has 0 heterocycles. The Morgan fingerprint density at radius 3 is 2.50 bits per heavy atom. The van der Waals surface area contributed by atoms with Crippen LogP contribution < -0.4 is 10.6 Å². The van der Waals surface area contributed by atoms with E-state index in [4.69, 9.17) is 4.74 Å². The monoisotopic (exact) mass is 256 g/mol. The minimum atomic E-state index is -0.365. The first-order chi connectivity index (χ1) is 8.47. The van der Waals surface area contributed by atoms with Gasteiger partial charge in [0.25, 0.3) is 0 Å². The number of ether oxygens (including phenoxy) is 1. The summed E-state index contributed by atoms with van der Waals surface area (Å²) in [6.45, 7) is 9.11. The van der Waals surface area contributed by atoms with Crippen LogP contribution in [0.4, 0.5) is 0 Å². The Hall–Kier alpha value is -1.36. The lowest BCUT2D eigenvalue weighted by atomic mass is 10.2. The van der Waals surface area contributed by atoms with Gasteiger partial charge in [0.2, 0.25) is 5.91 Å². The molecule has 1 amide bonds. The van der Waals surface area contributed by atoms with Crippen molar-refractivity contribution >= 4 is 11.9 Å². The van der Waals surface area contributed by atoms with Crippen LogP contribution in [0.15, 0.2) is 12.2 Å². The number of hydrogen-bond donors (Lipinski definition) is 2. The van der Waals surface area contributed by atoms with Gasteiger partial charge in [0.15, 0.2) is 0 Å². The first-order valence-electron chi connectivity index (χ1n) is 6.31. The van der Waals surface area contributed by atoms with Gasteiger partial charge in [-0.1, -0.05) is 19.9 Å². The lowest BCUT2D eigenvalue weighted by molar-refractivity contribution is -0.137. The first kappa shape index (κ1) is 16.6. The highest BCUT2D eigenvalue weighted by atomic mass is 16.5. The molecule has 0 saturated heterocycles. The molecule has 0 aliphatic carbocycles. The zero-order chi connectivity index (χ0) is 14.0. The van der Waals surface area contributed by atoms with Crippen LogP contribution in [-0.4, -0.2) is 37.6 Å². The van der Waals surface area contributed by atoms with Gasteiger partial charge in [-0.05, 0) is 19.8 Å². The molecule has 2 N–H and O–H groups in total. The van der Waals surface area contributed by atoms with Gasteiger partial charge in [-0.2, -0.15) is 0 Å². The molecule has 0 fully saturated rings. The molecule has 0 aromatic heterocycles. The van der Waals surface area contributed by atoms with Gasteiger partial charge < -0.3 is 15.4 Å². The summed E-state index contributed by atoms with van der Waals surface area (Å²) in [6, 6.07) is -0.282. The molecule has 0 radical (unpaired) electrons. The molecule has 0 saturated carbocycles. The molecule has 0 bridgehead atoms. The summed E-state index contributed by atoms with van der Waals surface area (Å²) in [5, 5.41) is 5.83. The van der Waals surface area contributed by atoms with E-state index in [0.717, 1.165) is 0 Å². The fourth-order valence-electron chi connectivity index (χ4n) is 1.14. The quantitative estimate of drug-likeness (QED) is 0.499. The molecule has 18 heavy (non-hydrogen) atoms. The SMILES string of the molecule is CCOC(=O)/C=C/CNC(C)C(=O)NCC(C)C. The maximum absolute atomic E-state index is 11.6. The molecule has 5 nitrogen and oxygen atoms in total. The van der Waals surface area contributed by atoms with Crippen molar-refractivity contribution in [2.45, 2.75) is 33.7 Å². The van der Waals surface area contributed by atoms with Crippen LogP contribution in [0.3, 0.4) is 0 Å². The van der Waals surface area contributed by atoms with Gasteiger partial charge in [-0.25, -0.2) is 4.79 Å². The van der Waals surface area contributed by atoms with E-state index in [2.05, 4.69) is 10.6 Å². The second-order valence-electron chi connectivity index (χ2n) is 4.42. The van der Waals surface area contributed by atoms with Crippen LogP contribution >= 0.6 is 0 Å². The largest absolute Gasteiger partial charge is 0.463 e. The predicted octanol–water partition coefficient (Wildman–Crippen LogP) is 0.856. The molecule has 104 valence electrons. The third-order valence-corrected chi connectivity index (χ3v) is 2.16. The van der Waals surface area contributed by atoms with Gasteiger partial charge in [-0.3, -0.25) is 4.79 Å². The summed E-state index contributed by atoms with van der Waals surface area (Å²) >= 11 is 0. The number of rotatable bonds is 8. The molecular formula is C13H24N2O3. The Morgan fingerprint density at radius 1 is 1.28 bits per heavy atom. The van der Waals surface area contributed by atoms with Crippen molar-refractivity contribution < 1.29 is 14.3 Å². The standard InChI is InChI=1S/C13H24N2O3/c1-5-18-12(16)7-6-8-14-11(4)13(17)15-9-10(2)3/h6-7,10-11,14H,5,8-9H2,1-4H3,(H,15,17)/b7-6+. The number of hydrogen-bond acceptors (Lipinski definition) is 4. The summed E-state index contributed by atoms with van der Waals surface area (Å²) in [4.78, 5) is 22.6. The van der Waals surface area contributed by atoms with Crippen LogP contribution in [0, 0.1) is 5.92 Å². The number of amides is 1. The Kier molecular flexibility index (Phi) is 8.92. The average molecular weight is 256 g/mol. The van der Waals surface area contributed by atoms with Crippen LogP contribution in [0.5, 0.6) is 0 Å². The number of esters is 1. The maximum Gasteiger partial charge on any atom is 0.330 e. The Bertz CT molecular complexity index is 288. The summed E-state index contributed by atoms with van der Waals surface area (Å²) in [6.07, 6.45) is 3.00. The topological polar surface area (TPSA) is 67.4 Å². The molecule has 1 unspecified atom stereocenters. The normalized spacial score (nSPS) is 12.7. The fourth-order valence-corrected chi connectivity index (χ4v) is 1.14. The average Bonchev–Trinajstić information content (AvgIpc) is 2.31. The third kappa shape index (κ3) is 8.75. The molecule has 0 aromatic rings. The highest BCUT2D eigenvalue weighted by molar-refractivity contribution is 5.82. The molecule has 0 aromatic carbocycles. The number of carbonyl (C=O) groups is 2. The Labute approximate surface area is 109 Å². The molecule has 1 atom stereocenters. The summed E-state index contributed by atoms with van der Waals surface area (Å²) in [5.41, 5.74) is 0. The van der Waals surface area contributed by atoms with Gasteiger partial charge in [0.05, 0.1) is 12.6 Å². The second kappa shape index (κ2) is 9.65. The molecule has 0 aliphatic heterocycles. The summed E-state index contributed by atoms with van der Waals surface area (Å²) in [7, 11) is 0. The van der Waals surface area contributed by atoms with Crippen molar-refractivity contribution in [3.63, 3.8) is 0 Å². The van der Waals surface area contributed by atoms with E-state index in [1.165, 1.54) is 6.08 Å². The smallest absolute Gasteiger partial charge is 0.330 e. The molecule has 0 rings (SSSR count). The van der Waals surface area contributed by atoms with Crippen molar-refractivity contribution in [3.8, 4) is 0 Å². The Morgan fingerprint density at radius 2 is 1.94 bits per heavy atom. The molecule has 5 heteroatoms. The van der Waals surface area contributed by atoms with Crippen molar-refractivity contribution in [3.05, 3.63) is 12.2 Å². The first-order valence-corrected chi connectivity index (χ1v) is 6.31. The van der Waals surface area contributed by atoms with E-state index < -0.39 is 0 Å². The summed E-state index contributed by atoms with van der Waals surface area (Å²) in [5.74, 6) is 0.0364. The van der Waals surface area contributed by atoms with E-state index >= 15 is 0 Å². The highest BCUT2D eigenvalue weighted by Crippen LogP contribution is 1.89. The van der Waals surface area contributed by atoms with E-state index in [1.54, 1.807) is 19.9 Å². The van der Waals surface area contributed by atoms with E-state index in [1.807, 2.05) is 13.8 Å². The van der Waals surface area contributed by atoms with Crippen molar-refractivity contribution in [1.29, 1.82) is 0 Å². The number of nitrogens with one attached hydrogen (secondary N) is 2. The van der Waals surface area contributed by atoms with Crippen LogP contribution in [-0.2, 0) is 14.3 Å². The highest BCUT2D eigenvalue weighted by Gasteiger charge is 2.10. The lowest BCUT2D eigenvalue weighted by Gasteiger charge is -2.13. The third-order valence-electron chi connectivity index (χ3n) is 2.16. The van der Waals surface area contributed by atoms with Gasteiger partial charge in [0, 0.05) is 19.2 Å². The molecule has 0 spiro atoms. The zero-order valence-electron chi connectivity index (χ0n) is 11.7. The van der Waals surface area contributed by atoms with Crippen LogP contribution in [0.25, 0.3) is 0 Å². The second-order valence-corrected chi connectivity index (χ2v) is 4.42. The van der Waals surface area contributed by atoms with Crippen molar-refractivity contribution in [1.82, 2.24) is 10.6 Å².